The molecule has 1 aromatic carbocycles. The van der Waals surface area contributed by atoms with Crippen LogP contribution in [0.25, 0.3) is 0 Å². The number of hydrogen-bond donors (Lipinski definition) is 1. The Morgan fingerprint density at radius 3 is 2.32 bits per heavy atom. The number of benzene rings is 1. The monoisotopic (exact) mass is 368 g/mol. The number of sulfonamides is 1. The molecular weight excluding hydrogens is 344 g/mol. The van der Waals surface area contributed by atoms with E-state index in [1.165, 1.54) is 18.3 Å². The average Bonchev–Trinajstić information content (AvgIpc) is 2.60. The topological polar surface area (TPSA) is 92.8 Å². The van der Waals surface area contributed by atoms with Crippen LogP contribution in [0.15, 0.2) is 24.3 Å². The first-order chi connectivity index (χ1) is 11.8. The van der Waals surface area contributed by atoms with Crippen LogP contribution >= 0.6 is 0 Å². The molecule has 0 spiro atoms. The average molecular weight is 368 g/mol. The molecule has 1 fully saturated rings. The number of anilines is 1. The molecule has 1 N–H and O–H groups in total. The van der Waals surface area contributed by atoms with E-state index in [4.69, 9.17) is 4.74 Å². The van der Waals surface area contributed by atoms with Crippen molar-refractivity contribution in [2.75, 3.05) is 37.9 Å². The molecule has 2 rings (SSSR count). The lowest BCUT2D eigenvalue weighted by atomic mass is 9.97. The molecule has 1 aliphatic heterocycles. The van der Waals surface area contributed by atoms with Gasteiger partial charge in [-0.2, -0.15) is 0 Å². The Bertz CT molecular complexity index is 707. The van der Waals surface area contributed by atoms with Crippen molar-refractivity contribution in [3.63, 3.8) is 0 Å². The molecule has 0 bridgehead atoms. The van der Waals surface area contributed by atoms with Crippen molar-refractivity contribution in [1.82, 2.24) is 4.31 Å². The number of amides is 1. The number of nitrogens with zero attached hydrogens (tertiary/aromatic N) is 1. The summed E-state index contributed by atoms with van der Waals surface area (Å²) in [5, 5.41) is 2.83. The fourth-order valence-electron chi connectivity index (χ4n) is 2.75. The molecule has 1 amide bonds. The van der Waals surface area contributed by atoms with Crippen LogP contribution in [0.4, 0.5) is 5.69 Å². The molecule has 25 heavy (non-hydrogen) atoms. The summed E-state index contributed by atoms with van der Waals surface area (Å²) in [7, 11) is -1.85. The normalized spacial score (nSPS) is 16.6. The Labute approximate surface area is 148 Å². The molecule has 7 nitrogen and oxygen atoms in total. The number of carbonyl (C=O) groups is 2. The number of Topliss-reactive ketones (excluding diaryl/α,β-unsaturated/α-hetero) is 1. The molecule has 0 atom stereocenters. The Balaban J connectivity index is 1.87. The maximum Gasteiger partial charge on any atom is 0.227 e. The number of hydrogen-bond acceptors (Lipinski definition) is 5. The third kappa shape index (κ3) is 5.35. The summed E-state index contributed by atoms with van der Waals surface area (Å²) >= 11 is 0. The maximum absolute atomic E-state index is 12.3. The predicted molar refractivity (Wildman–Crippen MR) is 95.0 cm³/mol. The van der Waals surface area contributed by atoms with Gasteiger partial charge < -0.3 is 10.1 Å². The molecule has 1 saturated heterocycles. The molecule has 0 unspecified atom stereocenters. The van der Waals surface area contributed by atoms with Crippen LogP contribution in [0.1, 0.15) is 30.1 Å². The third-order valence-corrected chi connectivity index (χ3v) is 6.16. The summed E-state index contributed by atoms with van der Waals surface area (Å²) in [5.74, 6) is -0.408. The summed E-state index contributed by atoms with van der Waals surface area (Å²) in [6.45, 7) is 2.34. The highest BCUT2D eigenvalue weighted by Crippen LogP contribution is 2.22. The van der Waals surface area contributed by atoms with E-state index in [2.05, 4.69) is 5.32 Å². The number of methoxy groups -OCH3 is 1. The SMILES string of the molecule is COCCS(=O)(=O)N1CCC(C(=O)Nc2ccc(C(C)=O)cc2)CC1. The molecule has 1 aliphatic rings. The van der Waals surface area contributed by atoms with Crippen molar-refractivity contribution >= 4 is 27.4 Å². The van der Waals surface area contributed by atoms with E-state index in [9.17, 15) is 18.0 Å². The highest BCUT2D eigenvalue weighted by atomic mass is 32.2. The Hall–Kier alpha value is -1.77. The lowest BCUT2D eigenvalue weighted by molar-refractivity contribution is -0.120. The van der Waals surface area contributed by atoms with Crippen molar-refractivity contribution in [2.24, 2.45) is 5.92 Å². The summed E-state index contributed by atoms with van der Waals surface area (Å²) < 4.78 is 30.5. The van der Waals surface area contributed by atoms with E-state index in [0.717, 1.165) is 0 Å². The number of ketones is 1. The van der Waals surface area contributed by atoms with Crippen LogP contribution < -0.4 is 5.32 Å². The maximum atomic E-state index is 12.3. The highest BCUT2D eigenvalue weighted by molar-refractivity contribution is 7.89. The largest absolute Gasteiger partial charge is 0.384 e. The quantitative estimate of drug-likeness (QED) is 0.737. The molecule has 0 aliphatic carbocycles. The molecule has 0 saturated carbocycles. The zero-order chi connectivity index (χ0) is 18.4. The van der Waals surface area contributed by atoms with Gasteiger partial charge in [0.1, 0.15) is 0 Å². The molecule has 8 heteroatoms. The van der Waals surface area contributed by atoms with Gasteiger partial charge in [0, 0.05) is 37.4 Å². The van der Waals surface area contributed by atoms with Crippen molar-refractivity contribution in [1.29, 1.82) is 0 Å². The van der Waals surface area contributed by atoms with Crippen molar-refractivity contribution in [3.8, 4) is 0 Å². The van der Waals surface area contributed by atoms with Gasteiger partial charge in [-0.1, -0.05) is 0 Å². The van der Waals surface area contributed by atoms with Crippen molar-refractivity contribution < 1.29 is 22.7 Å². The van der Waals surface area contributed by atoms with E-state index < -0.39 is 10.0 Å². The fourth-order valence-corrected chi connectivity index (χ4v) is 4.15. The minimum atomic E-state index is -3.32. The van der Waals surface area contributed by atoms with E-state index in [1.807, 2.05) is 0 Å². The number of nitrogens with one attached hydrogen (secondary N) is 1. The lowest BCUT2D eigenvalue weighted by Gasteiger charge is -2.30. The van der Waals surface area contributed by atoms with Crippen LogP contribution in [-0.4, -0.2) is 57.0 Å². The minimum absolute atomic E-state index is 0.0278. The Kier molecular flexibility index (Phi) is 6.69. The summed E-state index contributed by atoms with van der Waals surface area (Å²) in [6, 6.07) is 6.73. The summed E-state index contributed by atoms with van der Waals surface area (Å²) in [5.41, 5.74) is 1.22. The molecule has 138 valence electrons. The molecule has 0 radical (unpaired) electrons. The van der Waals surface area contributed by atoms with Gasteiger partial charge in [0.05, 0.1) is 12.4 Å². The smallest absolute Gasteiger partial charge is 0.227 e. The second kappa shape index (κ2) is 8.55. The van der Waals surface area contributed by atoms with Gasteiger partial charge >= 0.3 is 0 Å². The van der Waals surface area contributed by atoms with Gasteiger partial charge in [-0.15, -0.1) is 0 Å². The third-order valence-electron chi connectivity index (χ3n) is 4.32. The second-order valence-electron chi connectivity index (χ2n) is 6.10. The van der Waals surface area contributed by atoms with Crippen LogP contribution in [0.2, 0.25) is 0 Å². The summed E-state index contributed by atoms with van der Waals surface area (Å²) in [4.78, 5) is 23.6. The van der Waals surface area contributed by atoms with Gasteiger partial charge in [-0.05, 0) is 44.0 Å². The number of carbonyl (C=O) groups excluding carboxylic acids is 2. The number of rotatable bonds is 7. The van der Waals surface area contributed by atoms with Gasteiger partial charge in [0.15, 0.2) is 5.78 Å². The minimum Gasteiger partial charge on any atom is -0.384 e. The van der Waals surface area contributed by atoms with Gasteiger partial charge in [0.25, 0.3) is 0 Å². The first-order valence-electron chi connectivity index (χ1n) is 8.22. The molecule has 1 aromatic rings. The Morgan fingerprint density at radius 2 is 1.80 bits per heavy atom. The number of ether oxygens (including phenoxy) is 1. The van der Waals surface area contributed by atoms with Crippen LogP contribution in [0, 0.1) is 5.92 Å². The zero-order valence-electron chi connectivity index (χ0n) is 14.5. The molecule has 0 aromatic heterocycles. The first-order valence-corrected chi connectivity index (χ1v) is 9.83. The van der Waals surface area contributed by atoms with Crippen LogP contribution in [0.5, 0.6) is 0 Å². The predicted octanol–water partition coefficient (Wildman–Crippen LogP) is 1.52. The van der Waals surface area contributed by atoms with Gasteiger partial charge in [-0.3, -0.25) is 9.59 Å². The molecular formula is C17H24N2O5S. The van der Waals surface area contributed by atoms with Gasteiger partial charge in [0.2, 0.25) is 15.9 Å². The van der Waals surface area contributed by atoms with Crippen molar-refractivity contribution in [2.45, 2.75) is 19.8 Å². The highest BCUT2D eigenvalue weighted by Gasteiger charge is 2.30. The number of piperidine rings is 1. The van der Waals surface area contributed by atoms with E-state index in [1.54, 1.807) is 24.3 Å². The summed E-state index contributed by atoms with van der Waals surface area (Å²) in [6.07, 6.45) is 0.979. The first kappa shape index (κ1) is 19.6. The van der Waals surface area contributed by atoms with Crippen LogP contribution in [-0.2, 0) is 19.6 Å². The zero-order valence-corrected chi connectivity index (χ0v) is 15.3. The fraction of sp³-hybridized carbons (Fsp3) is 0.529. The van der Waals surface area contributed by atoms with Gasteiger partial charge in [-0.25, -0.2) is 12.7 Å². The van der Waals surface area contributed by atoms with E-state index in [0.29, 0.717) is 37.2 Å². The molecule has 1 heterocycles. The van der Waals surface area contributed by atoms with E-state index in [-0.39, 0.29) is 30.0 Å². The lowest BCUT2D eigenvalue weighted by Crippen LogP contribution is -2.42. The second-order valence-corrected chi connectivity index (χ2v) is 8.19. The van der Waals surface area contributed by atoms with Crippen LogP contribution in [0.3, 0.4) is 0 Å². The Morgan fingerprint density at radius 1 is 1.20 bits per heavy atom. The standard InChI is InChI=1S/C17H24N2O5S/c1-13(20)14-3-5-16(6-4-14)18-17(21)15-7-9-19(10-8-15)25(22,23)12-11-24-2/h3-6,15H,7-12H2,1-2H3,(H,18,21). The van der Waals surface area contributed by atoms with E-state index >= 15 is 0 Å². The van der Waals surface area contributed by atoms with Crippen molar-refractivity contribution in [3.05, 3.63) is 29.8 Å².